The third kappa shape index (κ3) is 4.77. The number of nitrogens with one attached hydrogen (secondary N) is 2. The van der Waals surface area contributed by atoms with Crippen LogP contribution in [0.1, 0.15) is 40.5 Å². The van der Waals surface area contributed by atoms with Gasteiger partial charge in [0.15, 0.2) is 22.3 Å². The molecule has 1 unspecified atom stereocenters. The molecular weight excluding hydrogens is 512 g/mol. The van der Waals surface area contributed by atoms with Crippen molar-refractivity contribution >= 4 is 40.3 Å². The van der Waals surface area contributed by atoms with Crippen molar-refractivity contribution in [3.63, 3.8) is 0 Å². The van der Waals surface area contributed by atoms with Crippen LogP contribution in [0.2, 0.25) is 0 Å². The number of hydrogen-bond acceptors (Lipinski definition) is 9. The van der Waals surface area contributed by atoms with Gasteiger partial charge in [-0.2, -0.15) is 0 Å². The van der Waals surface area contributed by atoms with Gasteiger partial charge in [0.05, 0.1) is 7.11 Å². The summed E-state index contributed by atoms with van der Waals surface area (Å²) < 4.78 is 15.8. The van der Waals surface area contributed by atoms with Crippen molar-refractivity contribution in [3.05, 3.63) is 70.7 Å². The average Bonchev–Trinajstić information content (AvgIpc) is 3.52. The second-order valence-electron chi connectivity index (χ2n) is 8.66. The van der Waals surface area contributed by atoms with Crippen molar-refractivity contribution in [1.82, 2.24) is 15.2 Å². The Balaban J connectivity index is 1.45. The largest absolute Gasteiger partial charge is 0.486 e. The molecule has 5 rings (SSSR count). The summed E-state index contributed by atoms with van der Waals surface area (Å²) >= 11 is 1.03. The summed E-state index contributed by atoms with van der Waals surface area (Å²) in [5.74, 6) is -1.38. The van der Waals surface area contributed by atoms with Gasteiger partial charge in [0, 0.05) is 11.3 Å². The summed E-state index contributed by atoms with van der Waals surface area (Å²) in [5, 5.41) is 6.93. The minimum Gasteiger partial charge on any atom is -0.486 e. The molecule has 3 aromatic rings. The Bertz CT molecular complexity index is 1390. The van der Waals surface area contributed by atoms with Gasteiger partial charge in [-0.25, -0.2) is 19.5 Å². The molecule has 4 amide bonds. The zero-order chi connectivity index (χ0) is 26.8. The lowest BCUT2D eigenvalue weighted by molar-refractivity contribution is -0.134. The standard InChI is InChI=1S/C26H24N4O7S/c1-14(15-6-4-3-5-7-15)21(22(31)29-25-27-17(13-38-25)24(33)35-2)30-23(32)20(28-26(30)34)16-8-9-18-19(12-16)37-11-10-36-18/h3-9,12-14,20-21H,10-11H2,1-2H3,(H,28,34)(H,27,29,31)/t14-,20?,21+/m1/s1. The summed E-state index contributed by atoms with van der Waals surface area (Å²) in [6.07, 6.45) is 0. The first-order valence-corrected chi connectivity index (χ1v) is 12.7. The van der Waals surface area contributed by atoms with Crippen molar-refractivity contribution in [2.24, 2.45) is 0 Å². The molecule has 2 aliphatic rings. The molecule has 0 spiro atoms. The Morgan fingerprint density at radius 1 is 1.13 bits per heavy atom. The first-order chi connectivity index (χ1) is 18.4. The fourth-order valence-electron chi connectivity index (χ4n) is 4.44. The number of ether oxygens (including phenoxy) is 3. The van der Waals surface area contributed by atoms with Gasteiger partial charge in [-0.15, -0.1) is 11.3 Å². The Kier molecular flexibility index (Phi) is 6.97. The van der Waals surface area contributed by atoms with Crippen molar-refractivity contribution in [2.75, 3.05) is 25.6 Å². The lowest BCUT2D eigenvalue weighted by Gasteiger charge is -2.29. The Morgan fingerprint density at radius 3 is 2.61 bits per heavy atom. The van der Waals surface area contributed by atoms with E-state index in [0.29, 0.717) is 30.3 Å². The summed E-state index contributed by atoms with van der Waals surface area (Å²) in [5.41, 5.74) is 1.30. The second kappa shape index (κ2) is 10.5. The van der Waals surface area contributed by atoms with Gasteiger partial charge in [0.2, 0.25) is 5.91 Å². The molecule has 12 heteroatoms. The molecule has 2 N–H and O–H groups in total. The molecule has 2 aliphatic heterocycles. The van der Waals surface area contributed by atoms with Crippen LogP contribution in [-0.4, -0.2) is 60.1 Å². The van der Waals surface area contributed by atoms with Gasteiger partial charge in [-0.3, -0.25) is 9.59 Å². The SMILES string of the molecule is COC(=O)c1csc(NC(=O)[C@H]([C@H](C)c2ccccc2)N2C(=O)NC(c3ccc4c(c3)OCCO4)C2=O)n1. The van der Waals surface area contributed by atoms with E-state index in [1.807, 2.05) is 30.3 Å². The van der Waals surface area contributed by atoms with Gasteiger partial charge in [0.1, 0.15) is 25.3 Å². The van der Waals surface area contributed by atoms with Crippen molar-refractivity contribution in [1.29, 1.82) is 0 Å². The van der Waals surface area contributed by atoms with Gasteiger partial charge in [0.25, 0.3) is 5.91 Å². The average molecular weight is 537 g/mol. The van der Waals surface area contributed by atoms with Crippen molar-refractivity contribution in [2.45, 2.75) is 24.9 Å². The molecule has 0 saturated carbocycles. The van der Waals surface area contributed by atoms with Crippen LogP contribution in [0.4, 0.5) is 9.93 Å². The molecule has 1 aromatic heterocycles. The number of aromatic nitrogens is 1. The normalized spacial score (nSPS) is 17.9. The molecule has 0 radical (unpaired) electrons. The van der Waals surface area contributed by atoms with Crippen LogP contribution in [0.3, 0.4) is 0 Å². The first-order valence-electron chi connectivity index (χ1n) is 11.8. The van der Waals surface area contributed by atoms with Crippen LogP contribution in [0.15, 0.2) is 53.9 Å². The van der Waals surface area contributed by atoms with E-state index in [-0.39, 0.29) is 10.8 Å². The fourth-order valence-corrected chi connectivity index (χ4v) is 5.12. The van der Waals surface area contributed by atoms with Gasteiger partial charge in [-0.05, 0) is 23.3 Å². The molecule has 1 fully saturated rings. The molecule has 3 atom stereocenters. The van der Waals surface area contributed by atoms with Gasteiger partial charge >= 0.3 is 12.0 Å². The lowest BCUT2D eigenvalue weighted by atomic mass is 9.91. The number of hydrogen-bond donors (Lipinski definition) is 2. The van der Waals surface area contributed by atoms with Crippen LogP contribution in [0.25, 0.3) is 0 Å². The monoisotopic (exact) mass is 536 g/mol. The van der Waals surface area contributed by atoms with Crippen LogP contribution >= 0.6 is 11.3 Å². The van der Waals surface area contributed by atoms with Crippen molar-refractivity contribution < 1.29 is 33.4 Å². The van der Waals surface area contributed by atoms with Crippen LogP contribution in [0, 0.1) is 0 Å². The summed E-state index contributed by atoms with van der Waals surface area (Å²) in [6, 6.07) is 11.2. The van der Waals surface area contributed by atoms with E-state index >= 15 is 0 Å². The molecule has 0 bridgehead atoms. The molecule has 1 saturated heterocycles. The number of fused-ring (bicyclic) bond motifs is 1. The van der Waals surface area contributed by atoms with E-state index in [9.17, 15) is 19.2 Å². The third-order valence-corrected chi connectivity index (χ3v) is 7.10. The molecule has 196 valence electrons. The van der Waals surface area contributed by atoms with E-state index in [4.69, 9.17) is 9.47 Å². The molecular formula is C26H24N4O7S. The number of anilines is 1. The second-order valence-corrected chi connectivity index (χ2v) is 9.51. The maximum absolute atomic E-state index is 13.7. The highest BCUT2D eigenvalue weighted by Gasteiger charge is 2.47. The van der Waals surface area contributed by atoms with E-state index in [1.165, 1.54) is 12.5 Å². The molecule has 0 aliphatic carbocycles. The van der Waals surface area contributed by atoms with E-state index in [2.05, 4.69) is 20.4 Å². The summed E-state index contributed by atoms with van der Waals surface area (Å²) in [4.78, 5) is 57.3. The maximum atomic E-state index is 13.7. The number of imide groups is 1. The molecule has 2 aromatic carbocycles. The number of nitrogens with zero attached hydrogens (tertiary/aromatic N) is 2. The smallest absolute Gasteiger partial charge is 0.357 e. The first kappa shape index (κ1) is 25.2. The zero-order valence-corrected chi connectivity index (χ0v) is 21.3. The summed E-state index contributed by atoms with van der Waals surface area (Å²) in [7, 11) is 1.23. The Hall–Kier alpha value is -4.45. The highest BCUT2D eigenvalue weighted by molar-refractivity contribution is 7.14. The number of thiazole rings is 1. The zero-order valence-electron chi connectivity index (χ0n) is 20.5. The summed E-state index contributed by atoms with van der Waals surface area (Å²) in [6.45, 7) is 2.56. The minimum atomic E-state index is -1.21. The number of rotatable bonds is 7. The van der Waals surface area contributed by atoms with Crippen molar-refractivity contribution in [3.8, 4) is 11.5 Å². The Morgan fingerprint density at radius 2 is 1.87 bits per heavy atom. The Labute approximate surface area is 221 Å². The number of carbonyl (C=O) groups is 4. The predicted octanol–water partition coefficient (Wildman–Crippen LogP) is 3.10. The predicted molar refractivity (Wildman–Crippen MR) is 136 cm³/mol. The third-order valence-electron chi connectivity index (χ3n) is 6.35. The number of benzene rings is 2. The quantitative estimate of drug-likeness (QED) is 0.347. The van der Waals surface area contributed by atoms with Gasteiger partial charge in [-0.1, -0.05) is 43.3 Å². The van der Waals surface area contributed by atoms with E-state index < -0.39 is 41.8 Å². The van der Waals surface area contributed by atoms with E-state index in [1.54, 1.807) is 25.1 Å². The van der Waals surface area contributed by atoms with Crippen LogP contribution < -0.4 is 20.1 Å². The highest BCUT2D eigenvalue weighted by atomic mass is 32.1. The topological polar surface area (TPSA) is 136 Å². The number of methoxy groups -OCH3 is 1. The molecule has 11 nitrogen and oxygen atoms in total. The molecule has 38 heavy (non-hydrogen) atoms. The highest BCUT2D eigenvalue weighted by Crippen LogP contribution is 2.36. The van der Waals surface area contributed by atoms with Gasteiger partial charge < -0.3 is 24.8 Å². The lowest BCUT2D eigenvalue weighted by Crippen LogP contribution is -2.50. The minimum absolute atomic E-state index is 0.0362. The number of urea groups is 1. The van der Waals surface area contributed by atoms with Crippen LogP contribution in [0.5, 0.6) is 11.5 Å². The van der Waals surface area contributed by atoms with Crippen LogP contribution in [-0.2, 0) is 14.3 Å². The number of carbonyl (C=O) groups excluding carboxylic acids is 4. The maximum Gasteiger partial charge on any atom is 0.357 e. The fraction of sp³-hybridized carbons (Fsp3) is 0.269. The molecule has 3 heterocycles. The number of esters is 1. The van der Waals surface area contributed by atoms with E-state index in [0.717, 1.165) is 21.8 Å². The number of amides is 4.